The first-order valence-corrected chi connectivity index (χ1v) is 10.4. The van der Waals surface area contributed by atoms with Crippen molar-refractivity contribution in [3.05, 3.63) is 71.0 Å². The van der Waals surface area contributed by atoms with Crippen LogP contribution in [-0.4, -0.2) is 30.7 Å². The number of aromatic nitrogens is 1. The number of nitrogens with zero attached hydrogens (tertiary/aromatic N) is 1. The summed E-state index contributed by atoms with van der Waals surface area (Å²) in [6.45, 7) is 6.84. The summed E-state index contributed by atoms with van der Waals surface area (Å²) in [5.41, 5.74) is 2.32. The first-order valence-electron chi connectivity index (χ1n) is 10.4. The van der Waals surface area contributed by atoms with Crippen molar-refractivity contribution in [1.82, 2.24) is 10.5 Å². The van der Waals surface area contributed by atoms with Crippen molar-refractivity contribution in [3.8, 4) is 5.75 Å². The molecule has 0 radical (unpaired) electrons. The summed E-state index contributed by atoms with van der Waals surface area (Å²) in [6.07, 6.45) is 4.12. The number of hydrogen-bond acceptors (Lipinski definition) is 5. The molecule has 2 N–H and O–H groups in total. The van der Waals surface area contributed by atoms with Crippen LogP contribution in [-0.2, 0) is 6.61 Å². The van der Waals surface area contributed by atoms with Gasteiger partial charge in [-0.1, -0.05) is 11.2 Å². The lowest BCUT2D eigenvalue weighted by molar-refractivity contribution is -0.919. The molecular formula is C23H28N3O4+. The molecule has 0 aliphatic carbocycles. The molecule has 1 saturated heterocycles. The molecule has 1 aromatic carbocycles. The third-order valence-corrected chi connectivity index (χ3v) is 5.75. The van der Waals surface area contributed by atoms with E-state index < -0.39 is 0 Å². The van der Waals surface area contributed by atoms with Crippen LogP contribution in [0, 0.1) is 13.8 Å². The van der Waals surface area contributed by atoms with E-state index in [1.165, 1.54) is 17.7 Å². The fraction of sp³-hybridized carbons (Fsp3) is 0.391. The zero-order valence-electron chi connectivity index (χ0n) is 17.4. The van der Waals surface area contributed by atoms with Gasteiger partial charge in [0.2, 0.25) is 0 Å². The Bertz CT molecular complexity index is 955. The predicted molar refractivity (Wildman–Crippen MR) is 110 cm³/mol. The van der Waals surface area contributed by atoms with Crippen LogP contribution >= 0.6 is 0 Å². The van der Waals surface area contributed by atoms with Crippen molar-refractivity contribution in [2.75, 3.05) is 19.6 Å². The van der Waals surface area contributed by atoms with Gasteiger partial charge in [0, 0.05) is 18.4 Å². The molecule has 0 spiro atoms. The molecular weight excluding hydrogens is 382 g/mol. The topological polar surface area (TPSA) is 81.9 Å². The molecule has 158 valence electrons. The van der Waals surface area contributed by atoms with Gasteiger partial charge in [0.1, 0.15) is 18.1 Å². The Labute approximate surface area is 176 Å². The Morgan fingerprint density at radius 2 is 2.07 bits per heavy atom. The molecule has 3 aromatic rings. The maximum absolute atomic E-state index is 12.8. The molecule has 1 aliphatic heterocycles. The van der Waals surface area contributed by atoms with E-state index in [1.54, 1.807) is 18.4 Å². The maximum atomic E-state index is 12.8. The van der Waals surface area contributed by atoms with Gasteiger partial charge in [-0.15, -0.1) is 0 Å². The number of nitrogens with one attached hydrogen (secondary N) is 2. The fourth-order valence-electron chi connectivity index (χ4n) is 4.00. The van der Waals surface area contributed by atoms with Crippen LogP contribution in [0.4, 0.5) is 0 Å². The first-order chi connectivity index (χ1) is 14.6. The third-order valence-electron chi connectivity index (χ3n) is 5.75. The van der Waals surface area contributed by atoms with Gasteiger partial charge in [0.25, 0.3) is 5.91 Å². The van der Waals surface area contributed by atoms with Crippen molar-refractivity contribution < 1.29 is 23.4 Å². The lowest BCUT2D eigenvalue weighted by Gasteiger charge is -2.23. The number of amides is 1. The Morgan fingerprint density at radius 1 is 1.23 bits per heavy atom. The summed E-state index contributed by atoms with van der Waals surface area (Å²) in [7, 11) is 0. The highest BCUT2D eigenvalue weighted by Gasteiger charge is 2.29. The van der Waals surface area contributed by atoms with Crippen LogP contribution in [0.15, 0.2) is 51.6 Å². The molecule has 1 atom stereocenters. The molecule has 7 nitrogen and oxygen atoms in total. The molecule has 1 fully saturated rings. The number of hydrogen-bond donors (Lipinski definition) is 2. The Hall–Kier alpha value is -3.06. The minimum atomic E-state index is -0.118. The second-order valence-corrected chi connectivity index (χ2v) is 7.76. The van der Waals surface area contributed by atoms with Crippen molar-refractivity contribution in [1.29, 1.82) is 0 Å². The van der Waals surface area contributed by atoms with E-state index in [9.17, 15) is 4.79 Å². The third kappa shape index (κ3) is 4.57. The van der Waals surface area contributed by atoms with Crippen LogP contribution in [0.2, 0.25) is 0 Å². The zero-order chi connectivity index (χ0) is 20.9. The number of quaternary nitrogens is 1. The highest BCUT2D eigenvalue weighted by molar-refractivity contribution is 5.94. The van der Waals surface area contributed by atoms with E-state index in [4.69, 9.17) is 13.7 Å². The number of aryl methyl sites for hydroxylation is 2. The summed E-state index contributed by atoms with van der Waals surface area (Å²) < 4.78 is 16.7. The standard InChI is InChI=1S/C23H27N3O4/c1-16-20(17(2)30-25-16)15-29-19-8-5-7-18(13-19)23(27)24-14-21(22-9-6-12-28-22)26-10-3-4-11-26/h5-9,12-13,21H,3-4,10-11,14-15H2,1-2H3,(H,24,27)/p+1/t21-/m1/s1. The largest absolute Gasteiger partial charge is 0.489 e. The smallest absolute Gasteiger partial charge is 0.251 e. The van der Waals surface area contributed by atoms with Gasteiger partial charge in [-0.05, 0) is 44.2 Å². The van der Waals surface area contributed by atoms with E-state index in [1.807, 2.05) is 38.1 Å². The van der Waals surface area contributed by atoms with Gasteiger partial charge in [0.05, 0.1) is 37.2 Å². The van der Waals surface area contributed by atoms with Gasteiger partial charge < -0.3 is 23.9 Å². The van der Waals surface area contributed by atoms with E-state index in [0.717, 1.165) is 35.9 Å². The molecule has 1 aliphatic rings. The number of ether oxygens (including phenoxy) is 1. The Kier molecular flexibility index (Phi) is 6.18. The molecule has 0 bridgehead atoms. The Balaban J connectivity index is 1.39. The minimum absolute atomic E-state index is 0.118. The van der Waals surface area contributed by atoms with E-state index in [-0.39, 0.29) is 11.9 Å². The number of carbonyl (C=O) groups excluding carboxylic acids is 1. The molecule has 30 heavy (non-hydrogen) atoms. The van der Waals surface area contributed by atoms with E-state index in [0.29, 0.717) is 24.5 Å². The molecule has 2 aromatic heterocycles. The molecule has 3 heterocycles. The summed E-state index contributed by atoms with van der Waals surface area (Å²) in [5, 5.41) is 7.02. The van der Waals surface area contributed by atoms with E-state index >= 15 is 0 Å². The minimum Gasteiger partial charge on any atom is -0.489 e. The van der Waals surface area contributed by atoms with Gasteiger partial charge in [-0.3, -0.25) is 4.79 Å². The second kappa shape index (κ2) is 9.17. The lowest BCUT2D eigenvalue weighted by atomic mass is 10.1. The number of rotatable bonds is 8. The molecule has 0 saturated carbocycles. The average molecular weight is 410 g/mol. The fourth-order valence-corrected chi connectivity index (χ4v) is 4.00. The summed E-state index contributed by atoms with van der Waals surface area (Å²) >= 11 is 0. The van der Waals surface area contributed by atoms with Crippen LogP contribution in [0.1, 0.15) is 52.0 Å². The van der Waals surface area contributed by atoms with Crippen molar-refractivity contribution in [2.45, 2.75) is 39.3 Å². The number of carbonyl (C=O) groups is 1. The first kappa shape index (κ1) is 20.2. The van der Waals surface area contributed by atoms with Gasteiger partial charge >= 0.3 is 0 Å². The van der Waals surface area contributed by atoms with Crippen LogP contribution in [0.3, 0.4) is 0 Å². The number of likely N-dealkylation sites (tertiary alicyclic amines) is 1. The highest BCUT2D eigenvalue weighted by atomic mass is 16.5. The lowest BCUT2D eigenvalue weighted by Crippen LogP contribution is -3.11. The monoisotopic (exact) mass is 410 g/mol. The molecule has 7 heteroatoms. The SMILES string of the molecule is Cc1noc(C)c1COc1cccc(C(=O)NC[C@H](c2ccco2)[NH+]2CCCC2)c1. The number of benzene rings is 1. The van der Waals surface area contributed by atoms with Crippen LogP contribution < -0.4 is 15.0 Å². The Morgan fingerprint density at radius 3 is 2.77 bits per heavy atom. The summed E-state index contributed by atoms with van der Waals surface area (Å²) in [5.74, 6) is 2.18. The van der Waals surface area contributed by atoms with Crippen LogP contribution in [0.5, 0.6) is 5.75 Å². The second-order valence-electron chi connectivity index (χ2n) is 7.76. The maximum Gasteiger partial charge on any atom is 0.251 e. The normalized spacial score (nSPS) is 15.3. The molecule has 0 unspecified atom stereocenters. The van der Waals surface area contributed by atoms with Gasteiger partial charge in [-0.2, -0.15) is 0 Å². The molecule has 1 amide bonds. The predicted octanol–water partition coefficient (Wildman–Crippen LogP) is 2.61. The van der Waals surface area contributed by atoms with Gasteiger partial charge in [0.15, 0.2) is 11.8 Å². The van der Waals surface area contributed by atoms with Crippen molar-refractivity contribution >= 4 is 5.91 Å². The average Bonchev–Trinajstić information content (AvgIpc) is 3.52. The van der Waals surface area contributed by atoms with Crippen molar-refractivity contribution in [3.63, 3.8) is 0 Å². The summed E-state index contributed by atoms with van der Waals surface area (Å²) in [4.78, 5) is 14.3. The number of furan rings is 1. The quantitative estimate of drug-likeness (QED) is 0.597. The summed E-state index contributed by atoms with van der Waals surface area (Å²) in [6, 6.07) is 11.2. The zero-order valence-corrected chi connectivity index (χ0v) is 17.4. The highest BCUT2D eigenvalue weighted by Crippen LogP contribution is 2.19. The van der Waals surface area contributed by atoms with Crippen LogP contribution in [0.25, 0.3) is 0 Å². The van der Waals surface area contributed by atoms with Gasteiger partial charge in [-0.25, -0.2) is 0 Å². The van der Waals surface area contributed by atoms with Crippen molar-refractivity contribution in [2.24, 2.45) is 0 Å². The van der Waals surface area contributed by atoms with E-state index in [2.05, 4.69) is 10.5 Å². The molecule has 4 rings (SSSR count).